The molecule has 0 spiro atoms. The van der Waals surface area contributed by atoms with Crippen LogP contribution in [0.2, 0.25) is 0 Å². The Bertz CT molecular complexity index is 3160. The van der Waals surface area contributed by atoms with Crippen LogP contribution in [-0.4, -0.2) is 133 Å². The van der Waals surface area contributed by atoms with Gasteiger partial charge in [0.05, 0.1) is 35.2 Å². The Morgan fingerprint density at radius 3 is 2.36 bits per heavy atom. The van der Waals surface area contributed by atoms with Gasteiger partial charge in [0.1, 0.15) is 36.7 Å². The van der Waals surface area contributed by atoms with E-state index in [0.717, 1.165) is 34.6 Å². The molecule has 1 unspecified atom stereocenters. The Morgan fingerprint density at radius 2 is 1.67 bits per heavy atom. The van der Waals surface area contributed by atoms with Gasteiger partial charge >= 0.3 is 13.3 Å². The number of carbonyl (C=O) groups excluding carboxylic acids is 6. The first-order chi connectivity index (χ1) is 35.6. The highest BCUT2D eigenvalue weighted by Crippen LogP contribution is 2.54. The Labute approximate surface area is 434 Å². The van der Waals surface area contributed by atoms with Crippen molar-refractivity contribution in [3.05, 3.63) is 105 Å². The van der Waals surface area contributed by atoms with Crippen LogP contribution in [0.25, 0.3) is 21.1 Å². The molecule has 0 aliphatic carbocycles. The molecule has 4 saturated heterocycles. The number of imide groups is 1. The molecule has 75 heavy (non-hydrogen) atoms. The van der Waals surface area contributed by atoms with Crippen molar-refractivity contribution in [3.8, 4) is 0 Å². The average Bonchev–Trinajstić information content (AvgIpc) is 4.09. The van der Waals surface area contributed by atoms with E-state index in [1.807, 2.05) is 48.5 Å². The predicted octanol–water partition coefficient (Wildman–Crippen LogP) is 5.03. The lowest BCUT2D eigenvalue weighted by molar-refractivity contribution is -0.156. The molecule has 2 aromatic heterocycles. The number of ether oxygens (including phenoxy) is 2. The standard InChI is InChI=1S/C52H60F2N7O12PS/c1-52(2,3)45(56-48(65)40-26-33-39(75-40)14-11-32(43(33)53)46(54)74(69,70)71)50(67)60-21-18-37(44(60)49(66)59-22-23-72-38(27-59)31-8-6-5-7-9-31)73-28-42(63)58-19-16-29(17-20-58)24-30-10-12-34-36(25-30)57(4)51(68)61(34)35-13-15-41(62)55-47(35)64/h5-12,14,25-26,29,35,37-38,44-46H,13,15-24,27-28H2,1-4H3,(H,56,65)(H,55,62,64)(H2,69,70,71)/t35?,37-,38+,44+,45-,46+/m1/s1. The van der Waals surface area contributed by atoms with E-state index < -0.39 is 84.3 Å². The van der Waals surface area contributed by atoms with Gasteiger partial charge in [0.25, 0.3) is 5.91 Å². The van der Waals surface area contributed by atoms with Gasteiger partial charge in [-0.25, -0.2) is 13.6 Å². The van der Waals surface area contributed by atoms with Crippen LogP contribution in [0.3, 0.4) is 0 Å². The van der Waals surface area contributed by atoms with Crippen molar-refractivity contribution in [2.45, 2.75) is 95.5 Å². The molecule has 4 N–H and O–H groups in total. The minimum absolute atomic E-state index is 0.0524. The number of amides is 6. The number of likely N-dealkylation sites (tertiary alicyclic amines) is 2. The molecule has 6 atom stereocenters. The van der Waals surface area contributed by atoms with Crippen LogP contribution in [0.15, 0.2) is 71.5 Å². The van der Waals surface area contributed by atoms with Gasteiger partial charge in [-0.15, -0.1) is 11.3 Å². The topological polar surface area (TPSA) is 239 Å². The van der Waals surface area contributed by atoms with Gasteiger partial charge in [0.2, 0.25) is 35.4 Å². The third kappa shape index (κ3) is 11.1. The average molecular weight is 1080 g/mol. The van der Waals surface area contributed by atoms with Crippen LogP contribution in [0.4, 0.5) is 8.78 Å². The van der Waals surface area contributed by atoms with Gasteiger partial charge in [-0.05, 0) is 78.8 Å². The summed E-state index contributed by atoms with van der Waals surface area (Å²) in [7, 11) is -3.69. The van der Waals surface area contributed by atoms with E-state index in [9.17, 15) is 52.3 Å². The summed E-state index contributed by atoms with van der Waals surface area (Å²) in [6, 6.07) is 15.2. The van der Waals surface area contributed by atoms with E-state index >= 15 is 4.39 Å². The minimum Gasteiger partial charge on any atom is -0.370 e. The SMILES string of the molecule is Cn1c(=O)n(C2CCC(=O)NC2=O)c2ccc(CC3CCN(C(=O)CO[C@@H]4CCN(C(=O)[C@@H](NC(=O)c5cc6c(F)c([C@@H](F)P(=O)(O)O)ccc6s5)C(C)(C)C)[C@@H]4C(=O)N4CCO[C@H](c5ccccc5)C4)CC3)cc21. The minimum atomic E-state index is -5.35. The first kappa shape index (κ1) is 53.7. The maximum Gasteiger partial charge on any atom is 0.364 e. The third-order valence-corrected chi connectivity index (χ3v) is 16.8. The number of benzene rings is 3. The highest BCUT2D eigenvalue weighted by Gasteiger charge is 2.49. The molecule has 5 aromatic rings. The number of aryl methyl sites for hydroxylation is 1. The van der Waals surface area contributed by atoms with Crippen LogP contribution < -0.4 is 16.3 Å². The van der Waals surface area contributed by atoms with Crippen LogP contribution in [-0.2, 0) is 51.5 Å². The smallest absolute Gasteiger partial charge is 0.364 e. The Hall–Kier alpha value is -6.16. The fourth-order valence-corrected chi connectivity index (χ4v) is 12.2. The Morgan fingerprint density at radius 1 is 0.933 bits per heavy atom. The number of hydrogen-bond acceptors (Lipinski definition) is 11. The second-order valence-corrected chi connectivity index (χ2v) is 23.6. The van der Waals surface area contributed by atoms with Crippen molar-refractivity contribution in [1.29, 1.82) is 0 Å². The number of halogens is 2. The molecule has 0 bridgehead atoms. The van der Waals surface area contributed by atoms with Crippen molar-refractivity contribution in [2.75, 3.05) is 45.9 Å². The van der Waals surface area contributed by atoms with Crippen molar-refractivity contribution in [2.24, 2.45) is 18.4 Å². The fourth-order valence-electron chi connectivity index (χ4n) is 10.7. The highest BCUT2D eigenvalue weighted by atomic mass is 32.1. The summed E-state index contributed by atoms with van der Waals surface area (Å²) in [4.78, 5) is 119. The summed E-state index contributed by atoms with van der Waals surface area (Å²) in [5.41, 5.74) is 0.983. The van der Waals surface area contributed by atoms with Gasteiger partial charge in [-0.2, -0.15) is 0 Å². The molecule has 19 nitrogen and oxygen atoms in total. The van der Waals surface area contributed by atoms with Gasteiger partial charge in [0.15, 0.2) is 0 Å². The zero-order valence-electron chi connectivity index (χ0n) is 41.9. The lowest BCUT2D eigenvalue weighted by Crippen LogP contribution is -2.60. The van der Waals surface area contributed by atoms with Gasteiger partial charge < -0.3 is 39.3 Å². The summed E-state index contributed by atoms with van der Waals surface area (Å²) in [6.07, 6.45) is 1.31. The number of nitrogens with one attached hydrogen (secondary N) is 2. The molecule has 23 heteroatoms. The van der Waals surface area contributed by atoms with E-state index in [4.69, 9.17) is 9.47 Å². The first-order valence-electron chi connectivity index (χ1n) is 25.0. The molecule has 4 fully saturated rings. The third-order valence-electron chi connectivity index (χ3n) is 14.8. The number of nitrogens with zero attached hydrogens (tertiary/aromatic N) is 5. The van der Waals surface area contributed by atoms with E-state index in [1.165, 1.54) is 20.1 Å². The lowest BCUT2D eigenvalue weighted by atomic mass is 9.85. The summed E-state index contributed by atoms with van der Waals surface area (Å²) >= 11 is 0.843. The molecule has 3 aromatic carbocycles. The van der Waals surface area contributed by atoms with Gasteiger partial charge in [-0.1, -0.05) is 63.2 Å². The highest BCUT2D eigenvalue weighted by molar-refractivity contribution is 7.51. The molecule has 0 saturated carbocycles. The second kappa shape index (κ2) is 21.5. The van der Waals surface area contributed by atoms with Crippen LogP contribution in [0.1, 0.15) is 97.3 Å². The summed E-state index contributed by atoms with van der Waals surface area (Å²) in [5, 5.41) is 4.89. The maximum absolute atomic E-state index is 15.5. The fraction of sp³-hybridized carbons (Fsp3) is 0.481. The predicted molar refractivity (Wildman–Crippen MR) is 272 cm³/mol. The number of hydrogen-bond donors (Lipinski definition) is 4. The largest absolute Gasteiger partial charge is 0.370 e. The molecule has 4 aliphatic heterocycles. The molecule has 6 amide bonds. The molecule has 4 aliphatic rings. The van der Waals surface area contributed by atoms with Crippen LogP contribution >= 0.6 is 18.9 Å². The van der Waals surface area contributed by atoms with E-state index in [-0.39, 0.29) is 90.5 Å². The van der Waals surface area contributed by atoms with Gasteiger partial charge in [-0.3, -0.25) is 47.8 Å². The molecular weight excluding hydrogens is 1020 g/mol. The number of thiophene rings is 1. The van der Waals surface area contributed by atoms with Gasteiger partial charge in [0, 0.05) is 55.3 Å². The number of carbonyl (C=O) groups is 6. The van der Waals surface area contributed by atoms with Crippen LogP contribution in [0, 0.1) is 17.2 Å². The quantitative estimate of drug-likeness (QED) is 0.0898. The molecule has 9 rings (SSSR count). The van der Waals surface area contributed by atoms with Crippen LogP contribution in [0.5, 0.6) is 0 Å². The summed E-state index contributed by atoms with van der Waals surface area (Å²) < 4.78 is 57.3. The number of rotatable bonds is 13. The number of imidazole rings is 1. The summed E-state index contributed by atoms with van der Waals surface area (Å²) in [5.74, 6) is -6.83. The molecular formula is C52H60F2N7O12PS. The normalized spacial score (nSPS) is 21.9. The van der Waals surface area contributed by atoms with Crippen molar-refractivity contribution < 1.29 is 61.4 Å². The van der Waals surface area contributed by atoms with E-state index in [2.05, 4.69) is 10.6 Å². The molecule has 6 heterocycles. The summed E-state index contributed by atoms with van der Waals surface area (Å²) in [6.45, 7) is 6.44. The van der Waals surface area contributed by atoms with Crippen molar-refractivity contribution >= 4 is 75.5 Å². The number of piperidine rings is 2. The number of alkyl halides is 1. The molecule has 0 radical (unpaired) electrons. The number of fused-ring (bicyclic) bond motifs is 2. The number of morpholine rings is 1. The van der Waals surface area contributed by atoms with E-state index in [0.29, 0.717) is 43.4 Å². The Kier molecular flexibility index (Phi) is 15.4. The Balaban J connectivity index is 0.881. The lowest BCUT2D eigenvalue weighted by Gasteiger charge is -2.39. The zero-order chi connectivity index (χ0) is 53.7. The maximum atomic E-state index is 15.5. The van der Waals surface area contributed by atoms with Crippen molar-refractivity contribution in [3.63, 3.8) is 0 Å². The van der Waals surface area contributed by atoms with Crippen molar-refractivity contribution in [1.82, 2.24) is 34.5 Å². The monoisotopic (exact) mass is 1080 g/mol. The van der Waals surface area contributed by atoms with E-state index in [1.54, 1.807) is 37.6 Å². The number of aromatic nitrogens is 2. The zero-order valence-corrected chi connectivity index (χ0v) is 43.6. The second-order valence-electron chi connectivity index (χ2n) is 20.9. The molecule has 400 valence electrons. The first-order valence-corrected chi connectivity index (χ1v) is 27.5.